The predicted molar refractivity (Wildman–Crippen MR) is 143 cm³/mol. The Bertz CT molecular complexity index is 852. The second-order valence-corrected chi connectivity index (χ2v) is 11.0. The first-order valence-corrected chi connectivity index (χ1v) is 15.1. The van der Waals surface area contributed by atoms with Crippen LogP contribution in [0.4, 0.5) is 4.79 Å². The van der Waals surface area contributed by atoms with Crippen LogP contribution in [0.2, 0.25) is 0 Å². The van der Waals surface area contributed by atoms with E-state index in [1.165, 1.54) is 24.2 Å². The minimum Gasteiger partial charge on any atom is -0.480 e. The monoisotopic (exact) mass is 538 g/mol. The first-order valence-electron chi connectivity index (χ1n) is 13.6. The normalized spacial score (nSPS) is 16.8. The van der Waals surface area contributed by atoms with Crippen molar-refractivity contribution in [2.75, 3.05) is 19.3 Å². The van der Waals surface area contributed by atoms with Gasteiger partial charge in [0.2, 0.25) is 0 Å². The van der Waals surface area contributed by atoms with Crippen LogP contribution in [0.3, 0.4) is 0 Å². The van der Waals surface area contributed by atoms with Gasteiger partial charge in [-0.3, -0.25) is 9.36 Å². The Hall–Kier alpha value is -2.38. The minimum atomic E-state index is -2.41. The highest BCUT2D eigenvalue weighted by Gasteiger charge is 2.37. The predicted octanol–water partition coefficient (Wildman–Crippen LogP) is 5.38. The molecule has 1 unspecified atom stereocenters. The number of carbonyl (C=O) groups excluding carboxylic acids is 2. The molecule has 2 amide bonds. The van der Waals surface area contributed by atoms with Crippen LogP contribution in [0.1, 0.15) is 83.1 Å². The van der Waals surface area contributed by atoms with E-state index in [1.54, 1.807) is 0 Å². The van der Waals surface area contributed by atoms with Crippen molar-refractivity contribution in [3.63, 3.8) is 0 Å². The van der Waals surface area contributed by atoms with Crippen LogP contribution in [0.5, 0.6) is 0 Å². The van der Waals surface area contributed by atoms with Gasteiger partial charge in [0.15, 0.2) is 8.03 Å². The fraction of sp³-hybridized carbons (Fsp3) is 0.667. The van der Waals surface area contributed by atoms with E-state index >= 15 is 0 Å². The summed E-state index contributed by atoms with van der Waals surface area (Å²) < 4.78 is 23.6. The highest BCUT2D eigenvalue weighted by atomic mass is 31.1. The van der Waals surface area contributed by atoms with E-state index in [2.05, 4.69) is 12.2 Å². The smallest absolute Gasteiger partial charge is 0.407 e. The van der Waals surface area contributed by atoms with Gasteiger partial charge in [0, 0.05) is 19.3 Å². The van der Waals surface area contributed by atoms with E-state index in [0.717, 1.165) is 24.8 Å². The summed E-state index contributed by atoms with van der Waals surface area (Å²) in [5, 5.41) is 12.2. The van der Waals surface area contributed by atoms with Gasteiger partial charge in [-0.15, -0.1) is 0 Å². The van der Waals surface area contributed by atoms with E-state index < -0.39 is 38.1 Å². The number of ether oxygens (including phenoxy) is 1. The van der Waals surface area contributed by atoms with Gasteiger partial charge in [-0.05, 0) is 44.1 Å². The Labute approximate surface area is 221 Å². The number of hydrogen-bond donors (Lipinski definition) is 2. The van der Waals surface area contributed by atoms with Crippen LogP contribution in [0.25, 0.3) is 0 Å². The number of benzene rings is 1. The summed E-state index contributed by atoms with van der Waals surface area (Å²) in [6.45, 7) is 3.07. The van der Waals surface area contributed by atoms with E-state index in [-0.39, 0.29) is 6.61 Å². The lowest BCUT2D eigenvalue weighted by atomic mass is 10.1. The lowest BCUT2D eigenvalue weighted by Crippen LogP contribution is -2.45. The van der Waals surface area contributed by atoms with Crippen molar-refractivity contribution < 1.29 is 33.3 Å². The molecule has 1 fully saturated rings. The van der Waals surface area contributed by atoms with Crippen LogP contribution >= 0.6 is 8.03 Å². The number of nitrogens with one attached hydrogen (secondary N) is 1. The lowest BCUT2D eigenvalue weighted by Gasteiger charge is -2.26. The Morgan fingerprint density at radius 1 is 1.08 bits per heavy atom. The minimum absolute atomic E-state index is 0.185. The Balaban J connectivity index is 1.78. The molecule has 0 bridgehead atoms. The molecule has 2 rings (SSSR count). The van der Waals surface area contributed by atoms with Crippen molar-refractivity contribution in [1.29, 1.82) is 0 Å². The first kappa shape index (κ1) is 30.8. The molecular formula is C27H43N2O7P. The summed E-state index contributed by atoms with van der Waals surface area (Å²) in [5.74, 6) is -1.43. The number of nitrogens with zero attached hydrogens (tertiary/aromatic N) is 1. The Morgan fingerprint density at radius 3 is 2.54 bits per heavy atom. The first-order chi connectivity index (χ1) is 17.9. The van der Waals surface area contributed by atoms with Crippen LogP contribution in [-0.4, -0.2) is 59.4 Å². The fourth-order valence-electron chi connectivity index (χ4n) is 4.39. The number of carboxylic acid groups (broad SMARTS) is 1. The number of aliphatic carboxylic acids is 1. The second-order valence-electron chi connectivity index (χ2n) is 9.51. The number of carboxylic acids is 1. The number of amides is 2. The average molecular weight is 539 g/mol. The van der Waals surface area contributed by atoms with Crippen molar-refractivity contribution in [3.8, 4) is 0 Å². The standard InChI is InChI=1S/C27H43N2O7P/c1-2-3-4-5-6-12-20-37(34)36-24(25(30)29-19-13-16-23(29)26(31)32)17-10-11-18-28-27(33)35-21-22-14-8-7-9-15-22/h7-9,14-15,23-24,37H,2-6,10-13,16-21H2,1H3,(H,28,33)(H,31,32)/t23-,24-/m0/s1. The molecule has 0 spiro atoms. The Kier molecular flexibility index (Phi) is 15.0. The molecule has 9 nitrogen and oxygen atoms in total. The highest BCUT2D eigenvalue weighted by Crippen LogP contribution is 2.31. The quantitative estimate of drug-likeness (QED) is 0.190. The molecule has 2 N–H and O–H groups in total. The average Bonchev–Trinajstić information content (AvgIpc) is 3.39. The van der Waals surface area contributed by atoms with E-state index in [0.29, 0.717) is 51.4 Å². The number of likely N-dealkylation sites (tertiary alicyclic amines) is 1. The SMILES string of the molecule is CCCCCCCC[PH](=O)O[C@@H](CCCCNC(=O)OCc1ccccc1)C(=O)N1CCC[C@H]1C(=O)O. The maximum absolute atomic E-state index is 13.2. The number of unbranched alkanes of at least 4 members (excludes halogenated alkanes) is 6. The zero-order chi connectivity index (χ0) is 26.9. The molecular weight excluding hydrogens is 495 g/mol. The van der Waals surface area contributed by atoms with Gasteiger partial charge in [-0.2, -0.15) is 0 Å². The molecule has 1 aromatic carbocycles. The van der Waals surface area contributed by atoms with Crippen molar-refractivity contribution in [2.45, 2.75) is 96.3 Å². The number of carbonyl (C=O) groups is 3. The van der Waals surface area contributed by atoms with Gasteiger partial charge < -0.3 is 24.6 Å². The third kappa shape index (κ3) is 12.1. The van der Waals surface area contributed by atoms with Crippen molar-refractivity contribution in [3.05, 3.63) is 35.9 Å². The molecule has 10 heteroatoms. The van der Waals surface area contributed by atoms with Crippen LogP contribution in [-0.2, 0) is 30.0 Å². The third-order valence-electron chi connectivity index (χ3n) is 6.48. The summed E-state index contributed by atoms with van der Waals surface area (Å²) in [5.41, 5.74) is 0.897. The molecule has 1 aliphatic heterocycles. The van der Waals surface area contributed by atoms with E-state index in [4.69, 9.17) is 9.26 Å². The van der Waals surface area contributed by atoms with Crippen molar-refractivity contribution in [1.82, 2.24) is 10.2 Å². The summed E-state index contributed by atoms with van der Waals surface area (Å²) in [7, 11) is -2.41. The van der Waals surface area contributed by atoms with Crippen molar-refractivity contribution >= 4 is 26.0 Å². The van der Waals surface area contributed by atoms with Gasteiger partial charge >= 0.3 is 12.1 Å². The van der Waals surface area contributed by atoms with Crippen LogP contribution in [0.15, 0.2) is 30.3 Å². The number of alkyl carbamates (subject to hydrolysis) is 1. The number of hydrogen-bond acceptors (Lipinski definition) is 6. The molecule has 1 heterocycles. The van der Waals surface area contributed by atoms with Gasteiger partial charge in [0.05, 0.1) is 0 Å². The maximum atomic E-state index is 13.2. The Morgan fingerprint density at radius 2 is 1.81 bits per heavy atom. The maximum Gasteiger partial charge on any atom is 0.407 e. The number of rotatable bonds is 18. The molecule has 0 radical (unpaired) electrons. The molecule has 1 aromatic rings. The van der Waals surface area contributed by atoms with Crippen molar-refractivity contribution in [2.24, 2.45) is 0 Å². The molecule has 208 valence electrons. The lowest BCUT2D eigenvalue weighted by molar-refractivity contribution is -0.151. The molecule has 1 aliphatic rings. The van der Waals surface area contributed by atoms with Gasteiger partial charge in [0.1, 0.15) is 18.8 Å². The molecule has 0 aliphatic carbocycles. The molecule has 1 saturated heterocycles. The third-order valence-corrected chi connectivity index (χ3v) is 7.79. The summed E-state index contributed by atoms with van der Waals surface area (Å²) in [6, 6.07) is 8.53. The molecule has 3 atom stereocenters. The van der Waals surface area contributed by atoms with Crippen LogP contribution in [0, 0.1) is 0 Å². The fourth-order valence-corrected chi connectivity index (χ4v) is 5.58. The largest absolute Gasteiger partial charge is 0.480 e. The highest BCUT2D eigenvalue weighted by molar-refractivity contribution is 7.39. The van der Waals surface area contributed by atoms with Crippen LogP contribution < -0.4 is 5.32 Å². The zero-order valence-corrected chi connectivity index (χ0v) is 23.0. The topological polar surface area (TPSA) is 122 Å². The zero-order valence-electron chi connectivity index (χ0n) is 22.0. The second kappa shape index (κ2) is 18.0. The van der Waals surface area contributed by atoms with Gasteiger partial charge in [0.25, 0.3) is 5.91 Å². The molecule has 0 aromatic heterocycles. The summed E-state index contributed by atoms with van der Waals surface area (Å²) in [6.07, 6.45) is 7.86. The van der Waals surface area contributed by atoms with E-state index in [9.17, 15) is 24.1 Å². The summed E-state index contributed by atoms with van der Waals surface area (Å²) >= 11 is 0. The van der Waals surface area contributed by atoms with E-state index in [1.807, 2.05) is 30.3 Å². The van der Waals surface area contributed by atoms with Gasteiger partial charge in [-0.25, -0.2) is 9.59 Å². The molecule has 37 heavy (non-hydrogen) atoms. The van der Waals surface area contributed by atoms with Gasteiger partial charge in [-0.1, -0.05) is 69.4 Å². The molecule has 0 saturated carbocycles. The summed E-state index contributed by atoms with van der Waals surface area (Å²) in [4.78, 5) is 38.0.